The minimum atomic E-state index is -4.19. The number of amides is 1. The largest absolute Gasteiger partial charge is 0.325 e. The molecule has 1 aliphatic heterocycles. The highest BCUT2D eigenvalue weighted by Gasteiger charge is 2.36. The lowest BCUT2D eigenvalue weighted by atomic mass is 9.90. The van der Waals surface area contributed by atoms with Gasteiger partial charge in [0, 0.05) is 12.2 Å². The fourth-order valence-corrected chi connectivity index (χ4v) is 5.06. The van der Waals surface area contributed by atoms with Gasteiger partial charge in [-0.1, -0.05) is 42.5 Å². The Kier molecular flexibility index (Phi) is 7.58. The lowest BCUT2D eigenvalue weighted by molar-refractivity contribution is -0.115. The number of fused-ring (bicyclic) bond motifs is 1. The third-order valence-corrected chi connectivity index (χ3v) is 7.04. The molecule has 0 aliphatic carbocycles. The molecular formula is C26H26F2N4O3S. The molecule has 3 aromatic carbocycles. The van der Waals surface area contributed by atoms with E-state index in [0.717, 1.165) is 12.1 Å². The Hall–Kier alpha value is -3.47. The zero-order chi connectivity index (χ0) is 25.9. The molecule has 4 rings (SSSR count). The maximum Gasteiger partial charge on any atom is 0.251 e. The molecule has 0 aromatic heterocycles. The van der Waals surface area contributed by atoms with Gasteiger partial charge in [0.2, 0.25) is 15.9 Å². The molecule has 1 amide bonds. The molecule has 0 spiro atoms. The zero-order valence-corrected chi connectivity index (χ0v) is 20.6. The van der Waals surface area contributed by atoms with Crippen LogP contribution in [0.1, 0.15) is 22.6 Å². The first-order valence-corrected chi connectivity index (χ1v) is 12.7. The molecule has 3 aromatic rings. The van der Waals surface area contributed by atoms with Crippen molar-refractivity contribution in [3.05, 3.63) is 89.5 Å². The summed E-state index contributed by atoms with van der Waals surface area (Å²) < 4.78 is 52.3. The third-order valence-electron chi connectivity index (χ3n) is 5.62. The van der Waals surface area contributed by atoms with E-state index in [-0.39, 0.29) is 10.8 Å². The maximum absolute atomic E-state index is 13.1. The number of anilines is 1. The van der Waals surface area contributed by atoms with Crippen molar-refractivity contribution >= 4 is 33.0 Å². The molecular weight excluding hydrogens is 486 g/mol. The predicted octanol–water partition coefficient (Wildman–Crippen LogP) is 4.15. The molecule has 0 fully saturated rings. The van der Waals surface area contributed by atoms with E-state index in [0.29, 0.717) is 28.2 Å². The smallest absolute Gasteiger partial charge is 0.251 e. The van der Waals surface area contributed by atoms with Crippen LogP contribution in [0.4, 0.5) is 20.2 Å². The number of hydrogen-bond donors (Lipinski definition) is 2. The third kappa shape index (κ3) is 5.84. The summed E-state index contributed by atoms with van der Waals surface area (Å²) >= 11 is 0. The fraction of sp³-hybridized carbons (Fsp3) is 0.231. The van der Waals surface area contributed by atoms with Crippen LogP contribution in [0.3, 0.4) is 0 Å². The second kappa shape index (κ2) is 10.7. The van der Waals surface area contributed by atoms with E-state index in [1.54, 1.807) is 0 Å². The highest BCUT2D eigenvalue weighted by atomic mass is 32.2. The van der Waals surface area contributed by atoms with E-state index in [4.69, 9.17) is 4.99 Å². The van der Waals surface area contributed by atoms with Gasteiger partial charge in [-0.05, 0) is 61.1 Å². The number of rotatable bonds is 9. The van der Waals surface area contributed by atoms with Crippen LogP contribution in [0.15, 0.2) is 82.7 Å². The molecule has 10 heteroatoms. The molecule has 1 aliphatic rings. The number of nitrogens with zero attached hydrogens (tertiary/aromatic N) is 2. The predicted molar refractivity (Wildman–Crippen MR) is 135 cm³/mol. The van der Waals surface area contributed by atoms with Crippen LogP contribution < -0.4 is 10.0 Å². The first-order valence-electron chi connectivity index (χ1n) is 11.2. The lowest BCUT2D eigenvalue weighted by Gasteiger charge is -2.15. The van der Waals surface area contributed by atoms with Gasteiger partial charge in [0.05, 0.1) is 22.8 Å². The molecule has 36 heavy (non-hydrogen) atoms. The van der Waals surface area contributed by atoms with Crippen LogP contribution in [0.2, 0.25) is 0 Å². The number of alkyl halides is 2. The lowest BCUT2D eigenvalue weighted by Crippen LogP contribution is -2.28. The quantitative estimate of drug-likeness (QED) is 0.422. The van der Waals surface area contributed by atoms with Gasteiger partial charge in [0.25, 0.3) is 6.43 Å². The highest BCUT2D eigenvalue weighted by molar-refractivity contribution is 7.89. The Morgan fingerprint density at radius 1 is 1.06 bits per heavy atom. The van der Waals surface area contributed by atoms with Crippen molar-refractivity contribution in [3.63, 3.8) is 0 Å². The summed E-state index contributed by atoms with van der Waals surface area (Å²) in [6, 6.07) is 20.9. The van der Waals surface area contributed by atoms with E-state index in [2.05, 4.69) is 10.2 Å². The number of halogens is 2. The normalized spacial score (nSPS) is 15.9. The molecule has 0 bridgehead atoms. The van der Waals surface area contributed by atoms with Crippen molar-refractivity contribution in [2.75, 3.05) is 26.0 Å². The molecule has 0 saturated carbocycles. The summed E-state index contributed by atoms with van der Waals surface area (Å²) in [5.74, 6) is -1.25. The van der Waals surface area contributed by atoms with Crippen LogP contribution in [-0.4, -0.2) is 52.0 Å². The molecule has 0 saturated heterocycles. The van der Waals surface area contributed by atoms with E-state index >= 15 is 0 Å². The van der Waals surface area contributed by atoms with Crippen molar-refractivity contribution in [2.45, 2.75) is 23.8 Å². The first-order chi connectivity index (χ1) is 17.1. The molecule has 7 nitrogen and oxygen atoms in total. The van der Waals surface area contributed by atoms with Crippen LogP contribution in [-0.2, 0) is 21.4 Å². The SMILES string of the molecule is CN(C)Cc1ccc(N=C(c2ccccc2)C2C(=O)Nc3ccc(S(=O)(=O)NCC(F)F)cc32)cc1. The summed E-state index contributed by atoms with van der Waals surface area (Å²) in [6.07, 6.45) is -2.83. The topological polar surface area (TPSA) is 90.9 Å². The number of carbonyl (C=O) groups excluding carboxylic acids is 1. The van der Waals surface area contributed by atoms with Crippen LogP contribution >= 0.6 is 0 Å². The van der Waals surface area contributed by atoms with Crippen molar-refractivity contribution in [1.82, 2.24) is 9.62 Å². The Labute approximate surface area is 208 Å². The van der Waals surface area contributed by atoms with Crippen LogP contribution in [0.25, 0.3) is 0 Å². The molecule has 2 N–H and O–H groups in total. The van der Waals surface area contributed by atoms with Crippen molar-refractivity contribution in [1.29, 1.82) is 0 Å². The number of aliphatic imine (C=N–C) groups is 1. The molecule has 1 atom stereocenters. The van der Waals surface area contributed by atoms with E-state index < -0.39 is 28.9 Å². The van der Waals surface area contributed by atoms with Gasteiger partial charge in [-0.2, -0.15) is 0 Å². The Balaban J connectivity index is 1.77. The number of carbonyl (C=O) groups is 1. The van der Waals surface area contributed by atoms with Gasteiger partial charge in [-0.15, -0.1) is 0 Å². The second-order valence-electron chi connectivity index (χ2n) is 8.68. The summed E-state index contributed by atoms with van der Waals surface area (Å²) in [4.78, 5) is 19.8. The number of hydrogen-bond acceptors (Lipinski definition) is 5. The van der Waals surface area contributed by atoms with Crippen molar-refractivity contribution in [2.24, 2.45) is 4.99 Å². The van der Waals surface area contributed by atoms with Gasteiger partial charge in [0.1, 0.15) is 5.92 Å². The molecule has 1 heterocycles. The molecule has 1 unspecified atom stereocenters. The second-order valence-corrected chi connectivity index (χ2v) is 10.4. The monoisotopic (exact) mass is 512 g/mol. The Morgan fingerprint density at radius 2 is 1.75 bits per heavy atom. The average molecular weight is 513 g/mol. The Bertz CT molecular complexity index is 1380. The minimum absolute atomic E-state index is 0.205. The summed E-state index contributed by atoms with van der Waals surface area (Å²) in [5, 5.41) is 2.78. The van der Waals surface area contributed by atoms with Gasteiger partial charge in [0.15, 0.2) is 0 Å². The zero-order valence-electron chi connectivity index (χ0n) is 19.8. The van der Waals surface area contributed by atoms with Crippen LogP contribution in [0, 0.1) is 0 Å². The van der Waals surface area contributed by atoms with Gasteiger partial charge in [-0.3, -0.25) is 9.79 Å². The minimum Gasteiger partial charge on any atom is -0.325 e. The number of nitrogens with one attached hydrogen (secondary N) is 2. The average Bonchev–Trinajstić information content (AvgIpc) is 3.17. The summed E-state index contributed by atoms with van der Waals surface area (Å²) in [5.41, 5.74) is 3.75. The van der Waals surface area contributed by atoms with E-state index in [1.807, 2.05) is 73.4 Å². The van der Waals surface area contributed by atoms with Gasteiger partial charge in [-0.25, -0.2) is 21.9 Å². The summed E-state index contributed by atoms with van der Waals surface area (Å²) in [7, 11) is -0.236. The molecule has 0 radical (unpaired) electrons. The number of sulfonamides is 1. The van der Waals surface area contributed by atoms with Gasteiger partial charge < -0.3 is 10.2 Å². The van der Waals surface area contributed by atoms with E-state index in [9.17, 15) is 22.0 Å². The van der Waals surface area contributed by atoms with Gasteiger partial charge >= 0.3 is 0 Å². The molecule has 188 valence electrons. The standard InChI is InChI=1S/C26H26F2N4O3S/c1-32(2)16-17-8-10-19(11-9-17)30-25(18-6-4-3-5-7-18)24-21-14-20(12-13-22(21)31-26(24)33)36(34,35)29-15-23(27)28/h3-14,23-24,29H,15-16H2,1-2H3,(H,31,33). The van der Waals surface area contributed by atoms with E-state index in [1.165, 1.54) is 18.2 Å². The maximum atomic E-state index is 13.1. The highest BCUT2D eigenvalue weighted by Crippen LogP contribution is 2.37. The number of benzene rings is 3. The van der Waals surface area contributed by atoms with Crippen molar-refractivity contribution in [3.8, 4) is 0 Å². The van der Waals surface area contributed by atoms with Crippen LogP contribution in [0.5, 0.6) is 0 Å². The summed E-state index contributed by atoms with van der Waals surface area (Å²) in [6.45, 7) is -0.231. The van der Waals surface area contributed by atoms with Crippen molar-refractivity contribution < 1.29 is 22.0 Å². The fourth-order valence-electron chi connectivity index (χ4n) is 4.02. The Morgan fingerprint density at radius 3 is 2.39 bits per heavy atom. The first kappa shape index (κ1) is 25.6.